The fourth-order valence-electron chi connectivity index (χ4n) is 4.21. The number of benzene rings is 3. The van der Waals surface area contributed by atoms with Crippen molar-refractivity contribution in [2.45, 2.75) is 38.1 Å². The molecule has 0 bridgehead atoms. The Balaban J connectivity index is 1.52. The Morgan fingerprint density at radius 2 is 1.39 bits per heavy atom. The topological polar surface area (TPSA) is 49.4 Å². The third-order valence-electron chi connectivity index (χ3n) is 5.99. The maximum absolute atomic E-state index is 13.2. The normalized spacial score (nSPS) is 14.1. The number of carbonyl (C=O) groups is 2. The molecule has 1 N–H and O–H groups in total. The Bertz CT molecular complexity index is 1040. The predicted molar refractivity (Wildman–Crippen MR) is 125 cm³/mol. The van der Waals surface area contributed by atoms with Gasteiger partial charge in [-0.05, 0) is 48.2 Å². The maximum atomic E-state index is 13.2. The summed E-state index contributed by atoms with van der Waals surface area (Å²) in [6, 6.07) is 25.2. The van der Waals surface area contributed by atoms with E-state index in [1.54, 1.807) is 18.0 Å². The quantitative estimate of drug-likeness (QED) is 0.585. The summed E-state index contributed by atoms with van der Waals surface area (Å²) in [6.45, 7) is 0. The summed E-state index contributed by atoms with van der Waals surface area (Å²) in [6.07, 6.45) is 5.60. The molecule has 0 atom stereocenters. The van der Waals surface area contributed by atoms with Gasteiger partial charge in [-0.25, -0.2) is 0 Å². The van der Waals surface area contributed by atoms with E-state index in [9.17, 15) is 9.59 Å². The van der Waals surface area contributed by atoms with Gasteiger partial charge in [0.2, 0.25) is 0 Å². The van der Waals surface area contributed by atoms with Gasteiger partial charge in [-0.2, -0.15) is 0 Å². The fourth-order valence-corrected chi connectivity index (χ4v) is 4.21. The molecule has 1 saturated carbocycles. The summed E-state index contributed by atoms with van der Waals surface area (Å²) in [5.74, 6) is -0.251. The van der Waals surface area contributed by atoms with E-state index in [2.05, 4.69) is 5.32 Å². The van der Waals surface area contributed by atoms with Crippen LogP contribution in [0.1, 0.15) is 52.8 Å². The Labute approximate surface area is 183 Å². The summed E-state index contributed by atoms with van der Waals surface area (Å²) in [7, 11) is 1.72. The highest BCUT2D eigenvalue weighted by atomic mass is 16.2. The number of para-hydroxylation sites is 1. The molecule has 31 heavy (non-hydrogen) atoms. The van der Waals surface area contributed by atoms with E-state index >= 15 is 0 Å². The molecule has 4 heteroatoms. The third-order valence-corrected chi connectivity index (χ3v) is 5.99. The number of hydrogen-bond donors (Lipinski definition) is 1. The van der Waals surface area contributed by atoms with Crippen molar-refractivity contribution in [2.75, 3.05) is 11.9 Å². The molecular formula is C27H28N2O2. The molecule has 0 spiro atoms. The first-order valence-electron chi connectivity index (χ1n) is 11.0. The van der Waals surface area contributed by atoms with Crippen LogP contribution < -0.4 is 10.2 Å². The highest BCUT2D eigenvalue weighted by Gasteiger charge is 2.22. The molecule has 0 saturated heterocycles. The zero-order valence-corrected chi connectivity index (χ0v) is 17.9. The van der Waals surface area contributed by atoms with Gasteiger partial charge in [0.15, 0.2) is 0 Å². The average Bonchev–Trinajstić information content (AvgIpc) is 2.84. The number of anilines is 1. The van der Waals surface area contributed by atoms with Crippen molar-refractivity contribution < 1.29 is 9.59 Å². The lowest BCUT2D eigenvalue weighted by molar-refractivity contribution is 0.0928. The zero-order valence-electron chi connectivity index (χ0n) is 17.9. The lowest BCUT2D eigenvalue weighted by Gasteiger charge is -2.25. The van der Waals surface area contributed by atoms with Gasteiger partial charge in [0, 0.05) is 18.7 Å². The first kappa shape index (κ1) is 20.9. The van der Waals surface area contributed by atoms with Crippen LogP contribution in [0.3, 0.4) is 0 Å². The van der Waals surface area contributed by atoms with Crippen LogP contribution in [0.4, 0.5) is 5.69 Å². The molecule has 4 rings (SSSR count). The van der Waals surface area contributed by atoms with Crippen molar-refractivity contribution in [3.05, 3.63) is 90.0 Å². The van der Waals surface area contributed by atoms with E-state index in [0.29, 0.717) is 16.8 Å². The Hall–Kier alpha value is -3.40. The first-order valence-corrected chi connectivity index (χ1v) is 11.0. The molecule has 0 radical (unpaired) electrons. The van der Waals surface area contributed by atoms with Crippen molar-refractivity contribution in [3.8, 4) is 11.1 Å². The van der Waals surface area contributed by atoms with E-state index in [-0.39, 0.29) is 17.9 Å². The largest absolute Gasteiger partial charge is 0.349 e. The van der Waals surface area contributed by atoms with Crippen molar-refractivity contribution in [1.82, 2.24) is 5.32 Å². The van der Waals surface area contributed by atoms with Gasteiger partial charge in [-0.1, -0.05) is 73.9 Å². The van der Waals surface area contributed by atoms with E-state index in [1.165, 1.54) is 6.42 Å². The molecule has 0 aliphatic heterocycles. The molecule has 0 heterocycles. The number of carbonyl (C=O) groups excluding carboxylic acids is 2. The fraction of sp³-hybridized carbons (Fsp3) is 0.259. The number of nitrogens with zero attached hydrogens (tertiary/aromatic N) is 1. The first-order chi connectivity index (χ1) is 15.1. The molecule has 2 amide bonds. The highest BCUT2D eigenvalue weighted by Crippen LogP contribution is 2.24. The van der Waals surface area contributed by atoms with Crippen molar-refractivity contribution in [2.24, 2.45) is 0 Å². The number of rotatable bonds is 5. The molecule has 3 aromatic rings. The number of hydrogen-bond acceptors (Lipinski definition) is 2. The summed E-state index contributed by atoms with van der Waals surface area (Å²) in [5, 5.41) is 3.16. The summed E-state index contributed by atoms with van der Waals surface area (Å²) < 4.78 is 0. The third kappa shape index (κ3) is 4.85. The second-order valence-corrected chi connectivity index (χ2v) is 8.13. The van der Waals surface area contributed by atoms with Crippen LogP contribution in [0.15, 0.2) is 78.9 Å². The van der Waals surface area contributed by atoms with Gasteiger partial charge in [0.05, 0.1) is 11.3 Å². The van der Waals surface area contributed by atoms with Crippen LogP contribution in [-0.4, -0.2) is 24.9 Å². The molecule has 1 aliphatic carbocycles. The lowest BCUT2D eigenvalue weighted by atomic mass is 9.95. The second-order valence-electron chi connectivity index (χ2n) is 8.13. The van der Waals surface area contributed by atoms with E-state index in [0.717, 1.165) is 36.8 Å². The SMILES string of the molecule is CN(C(=O)c1ccc(-c2ccccc2)cc1)c1ccccc1C(=O)NC1CCCCC1. The lowest BCUT2D eigenvalue weighted by Crippen LogP contribution is -2.37. The van der Waals surface area contributed by atoms with Crippen molar-refractivity contribution in [3.63, 3.8) is 0 Å². The van der Waals surface area contributed by atoms with Crippen LogP contribution in [-0.2, 0) is 0 Å². The van der Waals surface area contributed by atoms with Gasteiger partial charge >= 0.3 is 0 Å². The van der Waals surface area contributed by atoms with Gasteiger partial charge in [-0.3, -0.25) is 9.59 Å². The predicted octanol–water partition coefficient (Wildman–Crippen LogP) is 5.69. The Morgan fingerprint density at radius 1 is 0.774 bits per heavy atom. The summed E-state index contributed by atoms with van der Waals surface area (Å²) >= 11 is 0. The van der Waals surface area contributed by atoms with E-state index in [4.69, 9.17) is 0 Å². The van der Waals surface area contributed by atoms with Crippen LogP contribution >= 0.6 is 0 Å². The van der Waals surface area contributed by atoms with Crippen LogP contribution in [0.5, 0.6) is 0 Å². The van der Waals surface area contributed by atoms with Crippen molar-refractivity contribution >= 4 is 17.5 Å². The summed E-state index contributed by atoms with van der Waals surface area (Å²) in [5.41, 5.74) is 3.91. The number of nitrogens with one attached hydrogen (secondary N) is 1. The Morgan fingerprint density at radius 3 is 2.10 bits per heavy atom. The molecule has 0 aromatic heterocycles. The minimum Gasteiger partial charge on any atom is -0.349 e. The molecule has 1 fully saturated rings. The zero-order chi connectivity index (χ0) is 21.6. The smallest absolute Gasteiger partial charge is 0.258 e. The van der Waals surface area contributed by atoms with Crippen LogP contribution in [0.25, 0.3) is 11.1 Å². The van der Waals surface area contributed by atoms with E-state index < -0.39 is 0 Å². The minimum absolute atomic E-state index is 0.110. The van der Waals surface area contributed by atoms with Gasteiger partial charge in [-0.15, -0.1) is 0 Å². The maximum Gasteiger partial charge on any atom is 0.258 e. The average molecular weight is 413 g/mol. The molecule has 158 valence electrons. The summed E-state index contributed by atoms with van der Waals surface area (Å²) in [4.78, 5) is 27.7. The second kappa shape index (κ2) is 9.61. The van der Waals surface area contributed by atoms with Gasteiger partial charge < -0.3 is 10.2 Å². The number of amides is 2. The molecule has 3 aromatic carbocycles. The standard InChI is InChI=1S/C27H28N2O2/c1-29(27(31)22-18-16-21(17-19-22)20-10-4-2-5-11-20)25-15-9-8-14-24(25)26(30)28-23-12-6-3-7-13-23/h2,4-5,8-11,14-19,23H,3,6-7,12-13H2,1H3,(H,28,30). The monoisotopic (exact) mass is 412 g/mol. The van der Waals surface area contributed by atoms with Gasteiger partial charge in [0.1, 0.15) is 0 Å². The molecular weight excluding hydrogens is 384 g/mol. The highest BCUT2D eigenvalue weighted by molar-refractivity contribution is 6.10. The molecule has 0 unspecified atom stereocenters. The van der Waals surface area contributed by atoms with Crippen LogP contribution in [0.2, 0.25) is 0 Å². The van der Waals surface area contributed by atoms with Crippen LogP contribution in [0, 0.1) is 0 Å². The molecule has 1 aliphatic rings. The van der Waals surface area contributed by atoms with Crippen molar-refractivity contribution in [1.29, 1.82) is 0 Å². The van der Waals surface area contributed by atoms with E-state index in [1.807, 2.05) is 72.8 Å². The minimum atomic E-state index is -0.141. The Kier molecular flexibility index (Phi) is 6.46. The molecule has 4 nitrogen and oxygen atoms in total. The van der Waals surface area contributed by atoms with Gasteiger partial charge in [0.25, 0.3) is 11.8 Å².